The van der Waals surface area contributed by atoms with Gasteiger partial charge in [-0.3, -0.25) is 4.79 Å². The van der Waals surface area contributed by atoms with E-state index in [1.165, 1.54) is 0 Å². The molecule has 0 unspecified atom stereocenters. The second kappa shape index (κ2) is 6.74. The van der Waals surface area contributed by atoms with Gasteiger partial charge in [-0.1, -0.05) is 6.92 Å². The second-order valence-electron chi connectivity index (χ2n) is 1.15. The van der Waals surface area contributed by atoms with Gasteiger partial charge >= 0.3 is 12.0 Å². The number of carbonyl (C=O) groups excluding carboxylic acids is 1. The summed E-state index contributed by atoms with van der Waals surface area (Å²) in [5, 5.41) is 7.72. The number of urea groups is 1. The molecule has 0 spiro atoms. The van der Waals surface area contributed by atoms with Crippen molar-refractivity contribution in [1.29, 1.82) is 0 Å². The number of rotatable bonds is 1. The van der Waals surface area contributed by atoms with Crippen LogP contribution in [0.3, 0.4) is 0 Å². The van der Waals surface area contributed by atoms with E-state index in [0.29, 0.717) is 0 Å². The number of carboxylic acids is 1. The van der Waals surface area contributed by atoms with Crippen LogP contribution in [0.4, 0.5) is 4.79 Å². The molecule has 0 rings (SSSR count). The number of primary amides is 2. The number of carboxylic acid groups (broad SMARTS) is 1. The van der Waals surface area contributed by atoms with Crippen molar-refractivity contribution in [3.8, 4) is 0 Å². The molecule has 0 aromatic heterocycles. The standard InChI is InChI=1S/C3H6O2.CH4N2O/c1-2-3(4)5;2-1(3)4/h2H2,1H3,(H,4,5);(H4,2,3,4). The molecule has 0 aromatic rings. The summed E-state index contributed by atoms with van der Waals surface area (Å²) in [5.74, 6) is -0.745. The molecule has 0 saturated carbocycles. The Kier molecular flexibility index (Phi) is 7.99. The van der Waals surface area contributed by atoms with Gasteiger partial charge in [0.05, 0.1) is 0 Å². The Labute approximate surface area is 52.6 Å². The molecule has 0 fully saturated rings. The Hall–Kier alpha value is -1.26. The summed E-state index contributed by atoms with van der Waals surface area (Å²) in [7, 11) is 0. The minimum absolute atomic E-state index is 0.222. The number of aliphatic carboxylic acids is 1. The van der Waals surface area contributed by atoms with Crippen molar-refractivity contribution in [2.75, 3.05) is 0 Å². The predicted molar refractivity (Wildman–Crippen MR) is 31.7 cm³/mol. The molecule has 0 aliphatic heterocycles. The summed E-state index contributed by atoms with van der Waals surface area (Å²) in [4.78, 5) is 18.4. The maximum absolute atomic E-state index is 9.37. The highest BCUT2D eigenvalue weighted by atomic mass is 16.4. The van der Waals surface area contributed by atoms with Crippen LogP contribution in [0.1, 0.15) is 13.3 Å². The number of carbonyl (C=O) groups is 2. The molecular formula is C4H10N2O3. The number of hydrogen-bond acceptors (Lipinski definition) is 2. The van der Waals surface area contributed by atoms with Gasteiger partial charge in [-0.25, -0.2) is 4.79 Å². The minimum atomic E-state index is -0.833. The molecule has 9 heavy (non-hydrogen) atoms. The zero-order valence-electron chi connectivity index (χ0n) is 5.13. The van der Waals surface area contributed by atoms with Gasteiger partial charge < -0.3 is 16.6 Å². The molecular weight excluding hydrogens is 124 g/mol. The fourth-order valence-electron chi connectivity index (χ4n) is 0. The van der Waals surface area contributed by atoms with E-state index in [1.54, 1.807) is 6.92 Å². The number of amides is 2. The fourth-order valence-corrected chi connectivity index (χ4v) is 0. The van der Waals surface area contributed by atoms with Gasteiger partial charge in [-0.15, -0.1) is 0 Å². The third-order valence-electron chi connectivity index (χ3n) is 0.302. The van der Waals surface area contributed by atoms with Crippen LogP contribution in [0, 0.1) is 0 Å². The van der Waals surface area contributed by atoms with Crippen LogP contribution < -0.4 is 11.5 Å². The van der Waals surface area contributed by atoms with E-state index in [-0.39, 0.29) is 6.42 Å². The van der Waals surface area contributed by atoms with E-state index in [9.17, 15) is 4.79 Å². The van der Waals surface area contributed by atoms with Gasteiger partial charge in [0.15, 0.2) is 0 Å². The summed E-state index contributed by atoms with van der Waals surface area (Å²) in [6.45, 7) is 1.60. The molecule has 2 amide bonds. The zero-order valence-corrected chi connectivity index (χ0v) is 5.13. The Bertz CT molecular complexity index is 98.0. The van der Waals surface area contributed by atoms with Gasteiger partial charge in [0.25, 0.3) is 0 Å². The highest BCUT2D eigenvalue weighted by molar-refractivity contribution is 5.69. The minimum Gasteiger partial charge on any atom is -0.481 e. The van der Waals surface area contributed by atoms with Gasteiger partial charge in [-0.05, 0) is 0 Å². The second-order valence-corrected chi connectivity index (χ2v) is 1.15. The molecule has 0 saturated heterocycles. The van der Waals surface area contributed by atoms with E-state index >= 15 is 0 Å². The first-order valence-corrected chi connectivity index (χ1v) is 2.27. The normalized spacial score (nSPS) is 6.78. The van der Waals surface area contributed by atoms with E-state index in [0.717, 1.165) is 0 Å². The third kappa shape index (κ3) is 277. The lowest BCUT2D eigenvalue weighted by molar-refractivity contribution is -0.136. The molecule has 5 nitrogen and oxygen atoms in total. The highest BCUT2D eigenvalue weighted by Crippen LogP contribution is 1.67. The number of nitrogens with two attached hydrogens (primary N) is 2. The maximum Gasteiger partial charge on any atom is 0.309 e. The molecule has 0 bridgehead atoms. The lowest BCUT2D eigenvalue weighted by Crippen LogP contribution is -2.18. The lowest BCUT2D eigenvalue weighted by Gasteiger charge is -1.71. The zero-order chi connectivity index (χ0) is 7.86. The van der Waals surface area contributed by atoms with Crippen LogP contribution in [-0.4, -0.2) is 17.1 Å². The van der Waals surface area contributed by atoms with Gasteiger partial charge in [0.1, 0.15) is 0 Å². The van der Waals surface area contributed by atoms with Crippen molar-refractivity contribution < 1.29 is 14.7 Å². The molecule has 0 aliphatic carbocycles. The summed E-state index contributed by atoms with van der Waals surface area (Å²) < 4.78 is 0. The smallest absolute Gasteiger partial charge is 0.309 e. The molecule has 0 aromatic carbocycles. The van der Waals surface area contributed by atoms with Crippen molar-refractivity contribution in [1.82, 2.24) is 0 Å². The van der Waals surface area contributed by atoms with Crippen LogP contribution in [-0.2, 0) is 4.79 Å². The van der Waals surface area contributed by atoms with Crippen LogP contribution >= 0.6 is 0 Å². The first-order valence-electron chi connectivity index (χ1n) is 2.27. The Morgan fingerprint density at radius 1 is 1.44 bits per heavy atom. The Morgan fingerprint density at radius 2 is 1.56 bits per heavy atom. The van der Waals surface area contributed by atoms with E-state index < -0.39 is 12.0 Å². The molecule has 54 valence electrons. The van der Waals surface area contributed by atoms with Crippen molar-refractivity contribution in [2.24, 2.45) is 11.5 Å². The molecule has 0 atom stereocenters. The van der Waals surface area contributed by atoms with Gasteiger partial charge in [0.2, 0.25) is 0 Å². The SMILES string of the molecule is CCC(=O)O.NC(N)=O. The topological polar surface area (TPSA) is 106 Å². The monoisotopic (exact) mass is 134 g/mol. The van der Waals surface area contributed by atoms with Crippen LogP contribution in [0.15, 0.2) is 0 Å². The first-order chi connectivity index (χ1) is 4.00. The predicted octanol–water partition coefficient (Wildman–Crippen LogP) is -0.495. The maximum atomic E-state index is 9.37. The average molecular weight is 134 g/mol. The summed E-state index contributed by atoms with van der Waals surface area (Å²) in [5.41, 5.74) is 8.50. The molecule has 0 radical (unpaired) electrons. The van der Waals surface area contributed by atoms with Crippen LogP contribution in [0.25, 0.3) is 0 Å². The first kappa shape index (κ1) is 10.7. The molecule has 5 N–H and O–H groups in total. The lowest BCUT2D eigenvalue weighted by atomic mass is 10.5. The average Bonchev–Trinajstić information content (AvgIpc) is 1.65. The molecule has 0 aliphatic rings. The van der Waals surface area contributed by atoms with Crippen molar-refractivity contribution in [3.63, 3.8) is 0 Å². The summed E-state index contributed by atoms with van der Waals surface area (Å²) in [6.07, 6.45) is 0.222. The Morgan fingerprint density at radius 3 is 1.56 bits per heavy atom. The van der Waals surface area contributed by atoms with Gasteiger partial charge in [-0.2, -0.15) is 0 Å². The third-order valence-corrected chi connectivity index (χ3v) is 0.302. The van der Waals surface area contributed by atoms with Gasteiger partial charge in [0, 0.05) is 6.42 Å². The fraction of sp³-hybridized carbons (Fsp3) is 0.500. The van der Waals surface area contributed by atoms with Crippen molar-refractivity contribution in [2.45, 2.75) is 13.3 Å². The Balaban J connectivity index is 0. The number of hydrogen-bond donors (Lipinski definition) is 3. The quantitative estimate of drug-likeness (QED) is 0.450. The van der Waals surface area contributed by atoms with Crippen molar-refractivity contribution >= 4 is 12.0 Å². The summed E-state index contributed by atoms with van der Waals surface area (Å²) in [6, 6.07) is -0.833. The molecule has 0 heterocycles. The van der Waals surface area contributed by atoms with Crippen molar-refractivity contribution in [3.05, 3.63) is 0 Å². The largest absolute Gasteiger partial charge is 0.481 e. The highest BCUT2D eigenvalue weighted by Gasteiger charge is 1.80. The van der Waals surface area contributed by atoms with E-state index in [2.05, 4.69) is 11.5 Å². The summed E-state index contributed by atoms with van der Waals surface area (Å²) >= 11 is 0. The van der Waals surface area contributed by atoms with E-state index in [1.807, 2.05) is 0 Å². The van der Waals surface area contributed by atoms with E-state index in [4.69, 9.17) is 9.90 Å². The van der Waals surface area contributed by atoms with Crippen LogP contribution in [0.5, 0.6) is 0 Å². The molecule has 5 heteroatoms. The van der Waals surface area contributed by atoms with Crippen LogP contribution in [0.2, 0.25) is 0 Å².